The van der Waals surface area contributed by atoms with Crippen molar-refractivity contribution in [3.8, 4) is 22.8 Å². The molecule has 3 aromatic rings. The Bertz CT molecular complexity index is 1030. The average Bonchev–Trinajstić information content (AvgIpc) is 3.07. The number of phenolic OH excluding ortho intramolecular Hbond substituents is 2. The normalized spacial score (nSPS) is 12.4. The number of hydrogen-bond acceptors (Lipinski definition) is 6. The van der Waals surface area contributed by atoms with E-state index in [9.17, 15) is 10.2 Å². The van der Waals surface area contributed by atoms with Gasteiger partial charge in [-0.1, -0.05) is 0 Å². The van der Waals surface area contributed by atoms with Gasteiger partial charge in [0, 0.05) is 42.4 Å². The topological polar surface area (TPSA) is 87.9 Å². The number of aromatic hydroxyl groups is 2. The lowest BCUT2D eigenvalue weighted by Crippen LogP contribution is -2.11. The number of aryl methyl sites for hydroxylation is 2. The van der Waals surface area contributed by atoms with Gasteiger partial charge in [0.2, 0.25) is 4.80 Å². The van der Waals surface area contributed by atoms with Crippen LogP contribution in [0.15, 0.2) is 33.7 Å². The van der Waals surface area contributed by atoms with E-state index in [0.29, 0.717) is 16.1 Å². The molecule has 7 nitrogen and oxygen atoms in total. The third-order valence-corrected chi connectivity index (χ3v) is 4.91. The van der Waals surface area contributed by atoms with E-state index in [0.717, 1.165) is 17.0 Å². The molecule has 0 aliphatic carbocycles. The number of benzene rings is 1. The standard InChI is InChI=1S/C17H19N5O2S/c1-10-14(11(2)21(4)20-10)8-19-22-15(9-25-17(22)18-3)13-6-5-12(23)7-16(13)24/h5-9,23-24H,1-4H3. The minimum Gasteiger partial charge on any atom is -0.508 e. The molecule has 0 fully saturated rings. The first-order valence-corrected chi connectivity index (χ1v) is 8.50. The molecule has 0 amide bonds. The van der Waals surface area contributed by atoms with Gasteiger partial charge in [0.05, 0.1) is 17.6 Å². The second-order valence-corrected chi connectivity index (χ2v) is 6.43. The van der Waals surface area contributed by atoms with E-state index in [2.05, 4.69) is 15.2 Å². The third kappa shape index (κ3) is 3.08. The molecule has 25 heavy (non-hydrogen) atoms. The summed E-state index contributed by atoms with van der Waals surface area (Å²) in [5.74, 6) is -0.00770. The van der Waals surface area contributed by atoms with Gasteiger partial charge in [-0.05, 0) is 26.0 Å². The van der Waals surface area contributed by atoms with Crippen molar-refractivity contribution in [2.75, 3.05) is 7.05 Å². The number of hydrogen-bond donors (Lipinski definition) is 2. The number of aromatic nitrogens is 3. The second kappa shape index (κ2) is 6.56. The number of nitrogens with zero attached hydrogens (tertiary/aromatic N) is 5. The van der Waals surface area contributed by atoms with Crippen molar-refractivity contribution in [2.45, 2.75) is 13.8 Å². The van der Waals surface area contributed by atoms with E-state index in [1.54, 1.807) is 24.0 Å². The molecule has 0 spiro atoms. The summed E-state index contributed by atoms with van der Waals surface area (Å²) < 4.78 is 3.48. The van der Waals surface area contributed by atoms with Crippen LogP contribution < -0.4 is 4.80 Å². The van der Waals surface area contributed by atoms with Crippen LogP contribution >= 0.6 is 11.3 Å². The van der Waals surface area contributed by atoms with Crippen molar-refractivity contribution >= 4 is 17.6 Å². The maximum absolute atomic E-state index is 10.2. The first-order valence-electron chi connectivity index (χ1n) is 7.62. The van der Waals surface area contributed by atoms with Crippen LogP contribution in [0.1, 0.15) is 17.0 Å². The lowest BCUT2D eigenvalue weighted by atomic mass is 10.1. The molecule has 0 unspecified atom stereocenters. The van der Waals surface area contributed by atoms with Crippen molar-refractivity contribution in [3.63, 3.8) is 0 Å². The fourth-order valence-electron chi connectivity index (χ4n) is 2.58. The third-order valence-electron chi connectivity index (χ3n) is 4.00. The summed E-state index contributed by atoms with van der Waals surface area (Å²) in [4.78, 5) is 4.93. The summed E-state index contributed by atoms with van der Waals surface area (Å²) in [6.07, 6.45) is 1.75. The van der Waals surface area contributed by atoms with Crippen molar-refractivity contribution in [1.29, 1.82) is 0 Å². The molecule has 0 aliphatic heterocycles. The van der Waals surface area contributed by atoms with Crippen molar-refractivity contribution < 1.29 is 10.2 Å². The average molecular weight is 357 g/mol. The Balaban J connectivity index is 2.13. The molecule has 130 valence electrons. The van der Waals surface area contributed by atoms with Crippen LogP contribution in [0.4, 0.5) is 0 Å². The summed E-state index contributed by atoms with van der Waals surface area (Å²) in [6.45, 7) is 3.92. The molecule has 0 aliphatic rings. The molecule has 2 N–H and O–H groups in total. The van der Waals surface area contributed by atoms with Crippen LogP contribution in [-0.4, -0.2) is 37.9 Å². The molecule has 3 rings (SSSR count). The minimum absolute atomic E-state index is 0.00791. The van der Waals surface area contributed by atoms with Crippen LogP contribution in [-0.2, 0) is 7.05 Å². The van der Waals surface area contributed by atoms with Gasteiger partial charge < -0.3 is 10.2 Å². The van der Waals surface area contributed by atoms with Gasteiger partial charge in [-0.25, -0.2) is 4.68 Å². The highest BCUT2D eigenvalue weighted by atomic mass is 32.1. The summed E-state index contributed by atoms with van der Waals surface area (Å²) in [5, 5.41) is 30.5. The molecular formula is C17H19N5O2S. The van der Waals surface area contributed by atoms with Crippen LogP contribution in [0.2, 0.25) is 0 Å². The highest BCUT2D eigenvalue weighted by molar-refractivity contribution is 7.07. The lowest BCUT2D eigenvalue weighted by Gasteiger charge is -2.06. The Kier molecular flexibility index (Phi) is 4.45. The predicted octanol–water partition coefficient (Wildman–Crippen LogP) is 2.39. The molecular weight excluding hydrogens is 338 g/mol. The second-order valence-electron chi connectivity index (χ2n) is 5.59. The van der Waals surface area contributed by atoms with Gasteiger partial charge in [-0.3, -0.25) is 9.67 Å². The minimum atomic E-state index is -0.0156. The Labute approximate surface area is 148 Å². The van der Waals surface area contributed by atoms with E-state index >= 15 is 0 Å². The number of rotatable bonds is 3. The van der Waals surface area contributed by atoms with Crippen LogP contribution in [0.3, 0.4) is 0 Å². The molecule has 1 aromatic carbocycles. The molecule has 0 bridgehead atoms. The van der Waals surface area contributed by atoms with Gasteiger partial charge >= 0.3 is 0 Å². The summed E-state index contributed by atoms with van der Waals surface area (Å²) in [5.41, 5.74) is 4.12. The van der Waals surface area contributed by atoms with Crippen LogP contribution in [0.5, 0.6) is 11.5 Å². The van der Waals surface area contributed by atoms with Gasteiger partial charge in [0.25, 0.3) is 0 Å². The van der Waals surface area contributed by atoms with Crippen molar-refractivity contribution in [2.24, 2.45) is 17.1 Å². The van der Waals surface area contributed by atoms with Gasteiger partial charge in [-0.15, -0.1) is 11.3 Å². The zero-order valence-electron chi connectivity index (χ0n) is 14.4. The van der Waals surface area contributed by atoms with Gasteiger partial charge in [0.15, 0.2) is 0 Å². The Morgan fingerprint density at radius 1 is 1.24 bits per heavy atom. The summed E-state index contributed by atoms with van der Waals surface area (Å²) in [7, 11) is 3.59. The monoisotopic (exact) mass is 357 g/mol. The molecule has 8 heteroatoms. The van der Waals surface area contributed by atoms with Gasteiger partial charge in [0.1, 0.15) is 11.5 Å². The molecule has 2 aromatic heterocycles. The maximum atomic E-state index is 10.2. The quantitative estimate of drug-likeness (QED) is 0.706. The maximum Gasteiger partial charge on any atom is 0.205 e. The molecule has 0 atom stereocenters. The lowest BCUT2D eigenvalue weighted by molar-refractivity contribution is 0.451. The number of phenols is 2. The molecule has 0 saturated heterocycles. The zero-order valence-corrected chi connectivity index (χ0v) is 15.2. The van der Waals surface area contributed by atoms with E-state index in [4.69, 9.17) is 0 Å². The summed E-state index contributed by atoms with van der Waals surface area (Å²) in [6, 6.07) is 4.48. The van der Waals surface area contributed by atoms with Crippen LogP contribution in [0.25, 0.3) is 11.3 Å². The molecule has 0 radical (unpaired) electrons. The SMILES string of the molecule is CN=c1scc(-c2ccc(O)cc2O)n1N=Cc1c(C)nn(C)c1C. The van der Waals surface area contributed by atoms with E-state index in [-0.39, 0.29) is 11.5 Å². The van der Waals surface area contributed by atoms with E-state index in [1.807, 2.05) is 31.0 Å². The number of thiazole rings is 1. The fourth-order valence-corrected chi connectivity index (χ4v) is 3.37. The van der Waals surface area contributed by atoms with Crippen molar-refractivity contribution in [3.05, 3.63) is 45.3 Å². The predicted molar refractivity (Wildman–Crippen MR) is 98.2 cm³/mol. The highest BCUT2D eigenvalue weighted by Crippen LogP contribution is 2.32. The van der Waals surface area contributed by atoms with E-state index in [1.165, 1.54) is 23.5 Å². The van der Waals surface area contributed by atoms with Crippen molar-refractivity contribution in [1.82, 2.24) is 14.5 Å². The highest BCUT2D eigenvalue weighted by Gasteiger charge is 2.13. The largest absolute Gasteiger partial charge is 0.508 e. The Hall–Kier alpha value is -2.87. The smallest absolute Gasteiger partial charge is 0.205 e. The van der Waals surface area contributed by atoms with Gasteiger partial charge in [-0.2, -0.15) is 10.2 Å². The zero-order chi connectivity index (χ0) is 18.1. The van der Waals surface area contributed by atoms with E-state index < -0.39 is 0 Å². The first-order chi connectivity index (χ1) is 11.9. The Morgan fingerprint density at radius 3 is 2.60 bits per heavy atom. The fraction of sp³-hybridized carbons (Fsp3) is 0.235. The molecule has 2 heterocycles. The first kappa shape index (κ1) is 17.0. The summed E-state index contributed by atoms with van der Waals surface area (Å²) >= 11 is 1.42. The van der Waals surface area contributed by atoms with Crippen LogP contribution in [0, 0.1) is 13.8 Å². The Morgan fingerprint density at radius 2 is 2.00 bits per heavy atom. The molecule has 0 saturated carbocycles.